The number of aliphatic hydroxyl groups is 1. The second-order valence-corrected chi connectivity index (χ2v) is 3.42. The molecule has 0 saturated heterocycles. The van der Waals surface area contributed by atoms with Crippen molar-refractivity contribution in [3.63, 3.8) is 0 Å². The number of halogens is 1. The number of rotatable bonds is 1. The van der Waals surface area contributed by atoms with Gasteiger partial charge in [-0.15, -0.1) is 11.3 Å². The van der Waals surface area contributed by atoms with Crippen LogP contribution < -0.4 is 0 Å². The Morgan fingerprint density at radius 3 is 3.00 bits per heavy atom. The minimum absolute atomic E-state index is 0.0244. The van der Waals surface area contributed by atoms with E-state index in [2.05, 4.69) is 0 Å². The molecule has 0 atom stereocenters. The molecule has 0 unspecified atom stereocenters. The molecule has 62 valence electrons. The van der Waals surface area contributed by atoms with Gasteiger partial charge in [0.05, 0.1) is 11.3 Å². The van der Waals surface area contributed by atoms with Crippen LogP contribution in [0.3, 0.4) is 0 Å². The Hall–Kier alpha value is -0.930. The largest absolute Gasteiger partial charge is 0.392 e. The maximum Gasteiger partial charge on any atom is 0.140 e. The van der Waals surface area contributed by atoms with Crippen LogP contribution in [0.15, 0.2) is 23.6 Å². The van der Waals surface area contributed by atoms with E-state index in [1.165, 1.54) is 17.4 Å². The van der Waals surface area contributed by atoms with Gasteiger partial charge in [0.25, 0.3) is 0 Å². The van der Waals surface area contributed by atoms with Gasteiger partial charge < -0.3 is 5.11 Å². The minimum atomic E-state index is -0.211. The van der Waals surface area contributed by atoms with E-state index in [1.54, 1.807) is 11.4 Å². The molecule has 1 N–H and O–H groups in total. The summed E-state index contributed by atoms with van der Waals surface area (Å²) in [4.78, 5) is 0. The molecular weight excluding hydrogens is 175 g/mol. The molecule has 0 aliphatic carbocycles. The van der Waals surface area contributed by atoms with Gasteiger partial charge in [-0.3, -0.25) is 0 Å². The first-order valence-electron chi connectivity index (χ1n) is 3.58. The van der Waals surface area contributed by atoms with Crippen molar-refractivity contribution in [1.29, 1.82) is 0 Å². The lowest BCUT2D eigenvalue weighted by Crippen LogP contribution is -1.79. The van der Waals surface area contributed by atoms with E-state index in [1.807, 2.05) is 6.07 Å². The van der Waals surface area contributed by atoms with E-state index in [0.29, 0.717) is 4.70 Å². The summed E-state index contributed by atoms with van der Waals surface area (Å²) in [6, 6.07) is 4.91. The van der Waals surface area contributed by atoms with E-state index in [4.69, 9.17) is 5.11 Å². The Morgan fingerprint density at radius 1 is 1.42 bits per heavy atom. The van der Waals surface area contributed by atoms with Crippen LogP contribution >= 0.6 is 11.3 Å². The summed E-state index contributed by atoms with van der Waals surface area (Å²) in [5.41, 5.74) is 0.800. The van der Waals surface area contributed by atoms with Gasteiger partial charge in [-0.05, 0) is 17.0 Å². The molecule has 0 aliphatic rings. The second-order valence-electron chi connectivity index (χ2n) is 2.54. The molecule has 1 heterocycles. The molecule has 3 heteroatoms. The molecule has 2 aromatic rings. The number of benzene rings is 1. The van der Waals surface area contributed by atoms with Crippen molar-refractivity contribution < 1.29 is 9.50 Å². The molecule has 12 heavy (non-hydrogen) atoms. The van der Waals surface area contributed by atoms with Gasteiger partial charge in [-0.2, -0.15) is 0 Å². The molecule has 1 aromatic heterocycles. The van der Waals surface area contributed by atoms with Crippen LogP contribution in [0.5, 0.6) is 0 Å². The van der Waals surface area contributed by atoms with Crippen LogP contribution in [0.25, 0.3) is 10.1 Å². The van der Waals surface area contributed by atoms with Crippen molar-refractivity contribution in [1.82, 2.24) is 0 Å². The predicted molar refractivity (Wildman–Crippen MR) is 47.7 cm³/mol. The van der Waals surface area contributed by atoms with Crippen LogP contribution in [0, 0.1) is 5.82 Å². The van der Waals surface area contributed by atoms with Crippen molar-refractivity contribution in [2.45, 2.75) is 6.61 Å². The third-order valence-electron chi connectivity index (χ3n) is 1.80. The Kier molecular flexibility index (Phi) is 1.83. The van der Waals surface area contributed by atoms with E-state index in [9.17, 15) is 4.39 Å². The molecule has 0 aliphatic heterocycles. The van der Waals surface area contributed by atoms with Crippen LogP contribution in [0.4, 0.5) is 4.39 Å². The summed E-state index contributed by atoms with van der Waals surface area (Å²) in [7, 11) is 0. The summed E-state index contributed by atoms with van der Waals surface area (Å²) in [6.45, 7) is -0.0244. The van der Waals surface area contributed by atoms with Crippen LogP contribution in [0.2, 0.25) is 0 Å². The molecule has 0 bridgehead atoms. The van der Waals surface area contributed by atoms with Crippen molar-refractivity contribution in [2.75, 3.05) is 0 Å². The normalized spacial score (nSPS) is 10.8. The molecule has 0 fully saturated rings. The predicted octanol–water partition coefficient (Wildman–Crippen LogP) is 2.53. The van der Waals surface area contributed by atoms with Gasteiger partial charge in [0.2, 0.25) is 0 Å². The highest BCUT2D eigenvalue weighted by atomic mass is 32.1. The first kappa shape index (κ1) is 7.71. The van der Waals surface area contributed by atoms with E-state index in [-0.39, 0.29) is 12.4 Å². The van der Waals surface area contributed by atoms with Crippen LogP contribution in [-0.2, 0) is 6.61 Å². The average Bonchev–Trinajstić information content (AvgIpc) is 2.49. The highest BCUT2D eigenvalue weighted by Crippen LogP contribution is 2.27. The minimum Gasteiger partial charge on any atom is -0.392 e. The van der Waals surface area contributed by atoms with Crippen LogP contribution in [0.1, 0.15) is 5.56 Å². The molecule has 0 saturated carbocycles. The van der Waals surface area contributed by atoms with Crippen molar-refractivity contribution >= 4 is 21.4 Å². The van der Waals surface area contributed by atoms with E-state index in [0.717, 1.165) is 10.9 Å². The topological polar surface area (TPSA) is 20.2 Å². The monoisotopic (exact) mass is 182 g/mol. The third-order valence-corrected chi connectivity index (χ3v) is 2.86. The SMILES string of the molecule is OCc1csc2c(F)cccc12. The Morgan fingerprint density at radius 2 is 2.25 bits per heavy atom. The zero-order valence-electron chi connectivity index (χ0n) is 6.25. The highest BCUT2D eigenvalue weighted by Gasteiger charge is 2.05. The fourth-order valence-corrected chi connectivity index (χ4v) is 2.17. The molecule has 0 amide bonds. The summed E-state index contributed by atoms with van der Waals surface area (Å²) in [5, 5.41) is 11.5. The van der Waals surface area contributed by atoms with Gasteiger partial charge in [0, 0.05) is 5.39 Å². The van der Waals surface area contributed by atoms with E-state index >= 15 is 0 Å². The smallest absolute Gasteiger partial charge is 0.140 e. The standard InChI is InChI=1S/C9H7FOS/c10-8-3-1-2-7-6(4-11)5-12-9(7)8/h1-3,5,11H,4H2. The van der Waals surface area contributed by atoms with Crippen molar-refractivity contribution in [3.05, 3.63) is 35.0 Å². The molecule has 2 rings (SSSR count). The Balaban J connectivity index is 2.80. The summed E-state index contributed by atoms with van der Waals surface area (Å²) >= 11 is 1.33. The number of fused-ring (bicyclic) bond motifs is 1. The van der Waals surface area contributed by atoms with Gasteiger partial charge in [0.1, 0.15) is 5.82 Å². The highest BCUT2D eigenvalue weighted by molar-refractivity contribution is 7.17. The fourth-order valence-electron chi connectivity index (χ4n) is 1.20. The quantitative estimate of drug-likeness (QED) is 0.718. The summed E-state index contributed by atoms with van der Waals surface area (Å²) in [6.07, 6.45) is 0. The lowest BCUT2D eigenvalue weighted by atomic mass is 10.2. The lowest BCUT2D eigenvalue weighted by Gasteiger charge is -1.93. The van der Waals surface area contributed by atoms with Gasteiger partial charge >= 0.3 is 0 Å². The Bertz CT molecular complexity index is 408. The first-order chi connectivity index (χ1) is 5.83. The van der Waals surface area contributed by atoms with Gasteiger partial charge in [0.15, 0.2) is 0 Å². The number of aliphatic hydroxyl groups excluding tert-OH is 1. The van der Waals surface area contributed by atoms with Gasteiger partial charge in [-0.25, -0.2) is 4.39 Å². The maximum absolute atomic E-state index is 13.1. The average molecular weight is 182 g/mol. The molecule has 1 nitrogen and oxygen atoms in total. The van der Waals surface area contributed by atoms with Gasteiger partial charge in [-0.1, -0.05) is 12.1 Å². The van der Waals surface area contributed by atoms with Crippen LogP contribution in [-0.4, -0.2) is 5.11 Å². The number of hydrogen-bond donors (Lipinski definition) is 1. The molecular formula is C9H7FOS. The Labute approximate surface area is 73.1 Å². The molecule has 0 radical (unpaired) electrons. The summed E-state index contributed by atoms with van der Waals surface area (Å²) in [5.74, 6) is -0.211. The number of hydrogen-bond acceptors (Lipinski definition) is 2. The second kappa shape index (κ2) is 2.84. The first-order valence-corrected chi connectivity index (χ1v) is 4.46. The fraction of sp³-hybridized carbons (Fsp3) is 0.111. The molecule has 0 spiro atoms. The summed E-state index contributed by atoms with van der Waals surface area (Å²) < 4.78 is 13.7. The van der Waals surface area contributed by atoms with Crippen molar-refractivity contribution in [2.24, 2.45) is 0 Å². The zero-order chi connectivity index (χ0) is 8.55. The van der Waals surface area contributed by atoms with Crippen molar-refractivity contribution in [3.8, 4) is 0 Å². The lowest BCUT2D eigenvalue weighted by molar-refractivity contribution is 0.284. The maximum atomic E-state index is 13.1. The van der Waals surface area contributed by atoms with E-state index < -0.39 is 0 Å². The third kappa shape index (κ3) is 1.02. The number of thiophene rings is 1. The zero-order valence-corrected chi connectivity index (χ0v) is 7.07. The molecule has 1 aromatic carbocycles.